The van der Waals surface area contributed by atoms with Gasteiger partial charge in [-0.1, -0.05) is 24.3 Å². The fourth-order valence-electron chi connectivity index (χ4n) is 2.78. The SMILES string of the molecule is COCCNC(=O)c1coc(CN(Cc2ccccc2C)C2CC2)n1. The Morgan fingerprint density at radius 1 is 1.36 bits per heavy atom. The molecule has 1 aliphatic carbocycles. The maximum absolute atomic E-state index is 12.0. The number of aryl methyl sites for hydroxylation is 1. The van der Waals surface area contributed by atoms with Crippen LogP contribution in [0.5, 0.6) is 0 Å². The summed E-state index contributed by atoms with van der Waals surface area (Å²) in [6.07, 6.45) is 3.84. The lowest BCUT2D eigenvalue weighted by Crippen LogP contribution is -2.28. The second-order valence-corrected chi connectivity index (χ2v) is 6.44. The first kappa shape index (κ1) is 17.6. The minimum absolute atomic E-state index is 0.232. The lowest BCUT2D eigenvalue weighted by molar-refractivity contribution is 0.0932. The van der Waals surface area contributed by atoms with Crippen molar-refractivity contribution in [3.8, 4) is 0 Å². The highest BCUT2D eigenvalue weighted by molar-refractivity contribution is 5.91. The molecule has 3 rings (SSSR count). The predicted octanol–water partition coefficient (Wildman–Crippen LogP) is 2.52. The number of aromatic nitrogens is 1. The molecule has 0 radical (unpaired) electrons. The number of carbonyl (C=O) groups is 1. The van der Waals surface area contributed by atoms with Gasteiger partial charge in [0.15, 0.2) is 5.69 Å². The highest BCUT2D eigenvalue weighted by Gasteiger charge is 2.30. The normalized spacial score (nSPS) is 14.0. The number of benzene rings is 1. The van der Waals surface area contributed by atoms with Crippen LogP contribution in [0, 0.1) is 6.92 Å². The van der Waals surface area contributed by atoms with Crippen LogP contribution in [0.2, 0.25) is 0 Å². The van der Waals surface area contributed by atoms with Crippen LogP contribution in [0.4, 0.5) is 0 Å². The second-order valence-electron chi connectivity index (χ2n) is 6.44. The molecule has 6 heteroatoms. The largest absolute Gasteiger partial charge is 0.447 e. The van der Waals surface area contributed by atoms with Gasteiger partial charge in [-0.25, -0.2) is 4.98 Å². The van der Waals surface area contributed by atoms with E-state index in [1.807, 2.05) is 0 Å². The van der Waals surface area contributed by atoms with Crippen LogP contribution in [-0.4, -0.2) is 42.1 Å². The summed E-state index contributed by atoms with van der Waals surface area (Å²) in [5, 5.41) is 2.75. The Balaban J connectivity index is 1.61. The van der Waals surface area contributed by atoms with Gasteiger partial charge in [-0.05, 0) is 30.9 Å². The van der Waals surface area contributed by atoms with Crippen molar-refractivity contribution in [1.29, 1.82) is 0 Å². The Morgan fingerprint density at radius 3 is 2.88 bits per heavy atom. The first-order valence-corrected chi connectivity index (χ1v) is 8.67. The average Bonchev–Trinajstić information content (AvgIpc) is 3.35. The summed E-state index contributed by atoms with van der Waals surface area (Å²) in [6.45, 7) is 4.55. The topological polar surface area (TPSA) is 67.6 Å². The van der Waals surface area contributed by atoms with Crippen molar-refractivity contribution in [2.75, 3.05) is 20.3 Å². The zero-order valence-electron chi connectivity index (χ0n) is 14.8. The van der Waals surface area contributed by atoms with E-state index in [4.69, 9.17) is 9.15 Å². The molecule has 0 saturated heterocycles. The van der Waals surface area contributed by atoms with E-state index in [2.05, 4.69) is 46.4 Å². The molecular formula is C19H25N3O3. The van der Waals surface area contributed by atoms with E-state index in [0.717, 1.165) is 6.54 Å². The van der Waals surface area contributed by atoms with E-state index < -0.39 is 0 Å². The number of nitrogens with one attached hydrogen (secondary N) is 1. The number of rotatable bonds is 9. The van der Waals surface area contributed by atoms with Crippen molar-refractivity contribution in [2.24, 2.45) is 0 Å². The van der Waals surface area contributed by atoms with Gasteiger partial charge in [0.1, 0.15) is 6.26 Å². The van der Waals surface area contributed by atoms with E-state index in [1.54, 1.807) is 7.11 Å². The van der Waals surface area contributed by atoms with Crippen molar-refractivity contribution >= 4 is 5.91 Å². The molecule has 1 N–H and O–H groups in total. The molecule has 0 spiro atoms. The summed E-state index contributed by atoms with van der Waals surface area (Å²) in [4.78, 5) is 18.7. The highest BCUT2D eigenvalue weighted by Crippen LogP contribution is 2.30. The van der Waals surface area contributed by atoms with Gasteiger partial charge in [0.05, 0.1) is 13.2 Å². The Morgan fingerprint density at radius 2 is 2.16 bits per heavy atom. The Hall–Kier alpha value is -2.18. The molecule has 1 amide bonds. The van der Waals surface area contributed by atoms with Crippen LogP contribution < -0.4 is 5.32 Å². The van der Waals surface area contributed by atoms with Crippen molar-refractivity contribution in [3.63, 3.8) is 0 Å². The maximum Gasteiger partial charge on any atom is 0.273 e. The van der Waals surface area contributed by atoms with Gasteiger partial charge >= 0.3 is 0 Å². The summed E-state index contributed by atoms with van der Waals surface area (Å²) in [5.41, 5.74) is 2.93. The Labute approximate surface area is 148 Å². The number of oxazole rings is 1. The average molecular weight is 343 g/mol. The molecule has 25 heavy (non-hydrogen) atoms. The van der Waals surface area contributed by atoms with E-state index >= 15 is 0 Å². The van der Waals surface area contributed by atoms with Crippen LogP contribution in [0.3, 0.4) is 0 Å². The van der Waals surface area contributed by atoms with Crippen LogP contribution in [-0.2, 0) is 17.8 Å². The molecule has 1 saturated carbocycles. The minimum atomic E-state index is -0.232. The first-order valence-electron chi connectivity index (χ1n) is 8.67. The summed E-state index contributed by atoms with van der Waals surface area (Å²) in [7, 11) is 1.60. The highest BCUT2D eigenvalue weighted by atomic mass is 16.5. The summed E-state index contributed by atoms with van der Waals surface area (Å²) >= 11 is 0. The molecule has 134 valence electrons. The van der Waals surface area contributed by atoms with Crippen molar-refractivity contribution in [3.05, 3.63) is 53.2 Å². The van der Waals surface area contributed by atoms with Crippen LogP contribution >= 0.6 is 0 Å². The Bertz CT molecular complexity index is 709. The number of methoxy groups -OCH3 is 1. The van der Waals surface area contributed by atoms with Crippen molar-refractivity contribution in [1.82, 2.24) is 15.2 Å². The zero-order chi connectivity index (χ0) is 17.6. The number of carbonyl (C=O) groups excluding carboxylic acids is 1. The van der Waals surface area contributed by atoms with Gasteiger partial charge < -0.3 is 14.5 Å². The second kappa shape index (κ2) is 8.27. The molecule has 1 aromatic carbocycles. The standard InChI is InChI=1S/C19H25N3O3/c1-14-5-3-4-6-15(14)11-22(16-7-8-16)12-18-21-17(13-25-18)19(23)20-9-10-24-2/h3-6,13,16H,7-12H2,1-2H3,(H,20,23). The predicted molar refractivity (Wildman–Crippen MR) is 94.2 cm³/mol. The zero-order valence-corrected chi connectivity index (χ0v) is 14.8. The quantitative estimate of drug-likeness (QED) is 0.709. The van der Waals surface area contributed by atoms with Gasteiger partial charge in [0, 0.05) is 26.2 Å². The third-order valence-corrected chi connectivity index (χ3v) is 4.41. The molecule has 1 aromatic heterocycles. The van der Waals surface area contributed by atoms with E-state index in [-0.39, 0.29) is 5.91 Å². The molecule has 1 fully saturated rings. The number of hydrogen-bond donors (Lipinski definition) is 1. The fourth-order valence-corrected chi connectivity index (χ4v) is 2.78. The number of ether oxygens (including phenoxy) is 1. The van der Waals surface area contributed by atoms with Crippen molar-refractivity contribution in [2.45, 2.75) is 38.9 Å². The molecule has 0 aliphatic heterocycles. The van der Waals surface area contributed by atoms with Gasteiger partial charge in [-0.2, -0.15) is 0 Å². The number of amides is 1. The molecule has 0 unspecified atom stereocenters. The minimum Gasteiger partial charge on any atom is -0.447 e. The fraction of sp³-hybridized carbons (Fsp3) is 0.474. The maximum atomic E-state index is 12.0. The van der Waals surface area contributed by atoms with Crippen LogP contribution in [0.15, 0.2) is 34.9 Å². The lowest BCUT2D eigenvalue weighted by Gasteiger charge is -2.21. The molecule has 0 atom stereocenters. The smallest absolute Gasteiger partial charge is 0.273 e. The molecule has 0 bridgehead atoms. The summed E-state index contributed by atoms with van der Waals surface area (Å²) in [5.74, 6) is 0.348. The summed E-state index contributed by atoms with van der Waals surface area (Å²) in [6, 6.07) is 9.00. The summed E-state index contributed by atoms with van der Waals surface area (Å²) < 4.78 is 10.4. The van der Waals surface area contributed by atoms with E-state index in [1.165, 1.54) is 30.2 Å². The van der Waals surface area contributed by atoms with Gasteiger partial charge in [0.25, 0.3) is 5.91 Å². The van der Waals surface area contributed by atoms with E-state index in [9.17, 15) is 4.79 Å². The van der Waals surface area contributed by atoms with Crippen molar-refractivity contribution < 1.29 is 13.9 Å². The van der Waals surface area contributed by atoms with Gasteiger partial charge in [-0.3, -0.25) is 9.69 Å². The molecular weight excluding hydrogens is 318 g/mol. The third-order valence-electron chi connectivity index (χ3n) is 4.41. The van der Waals surface area contributed by atoms with Gasteiger partial charge in [-0.15, -0.1) is 0 Å². The number of hydrogen-bond acceptors (Lipinski definition) is 5. The van der Waals surface area contributed by atoms with Crippen LogP contribution in [0.1, 0.15) is 40.3 Å². The monoisotopic (exact) mass is 343 g/mol. The Kier molecular flexibility index (Phi) is 5.83. The number of nitrogens with zero attached hydrogens (tertiary/aromatic N) is 2. The van der Waals surface area contributed by atoms with E-state index in [0.29, 0.717) is 37.3 Å². The first-order chi connectivity index (χ1) is 12.2. The molecule has 6 nitrogen and oxygen atoms in total. The third kappa shape index (κ3) is 4.90. The lowest BCUT2D eigenvalue weighted by atomic mass is 10.1. The molecule has 1 aliphatic rings. The van der Waals surface area contributed by atoms with Crippen LogP contribution in [0.25, 0.3) is 0 Å². The molecule has 1 heterocycles. The molecule has 2 aromatic rings. The van der Waals surface area contributed by atoms with Gasteiger partial charge in [0.2, 0.25) is 5.89 Å².